The molecule has 3 N–H and O–H groups in total. The average Bonchev–Trinajstić information content (AvgIpc) is 2.19. The molecule has 0 aromatic heterocycles. The van der Waals surface area contributed by atoms with Gasteiger partial charge < -0.3 is 5.73 Å². The van der Waals surface area contributed by atoms with Crippen molar-refractivity contribution in [3.63, 3.8) is 0 Å². The van der Waals surface area contributed by atoms with Crippen molar-refractivity contribution in [3.05, 3.63) is 28.7 Å². The van der Waals surface area contributed by atoms with Gasteiger partial charge in [0.15, 0.2) is 0 Å². The maximum atomic E-state index is 7.30. The summed E-state index contributed by atoms with van der Waals surface area (Å²) in [5.74, 6) is 0.265. The maximum absolute atomic E-state index is 7.30. The molecule has 4 heteroatoms. The molecule has 0 amide bonds. The van der Waals surface area contributed by atoms with E-state index in [0.29, 0.717) is 11.7 Å². The van der Waals surface area contributed by atoms with Crippen LogP contribution in [0.15, 0.2) is 33.6 Å². The Morgan fingerprint density at radius 1 is 1.53 bits per heavy atom. The van der Waals surface area contributed by atoms with Crippen LogP contribution in [0.1, 0.15) is 19.8 Å². The molecule has 82 valence electrons. The van der Waals surface area contributed by atoms with Crippen molar-refractivity contribution < 1.29 is 0 Å². The molecule has 0 saturated carbocycles. The zero-order valence-corrected chi connectivity index (χ0v) is 11.1. The fourth-order valence-electron chi connectivity index (χ4n) is 1.23. The Balaban J connectivity index is 2.66. The van der Waals surface area contributed by atoms with Crippen LogP contribution >= 0.6 is 27.7 Å². The molecule has 0 bridgehead atoms. The van der Waals surface area contributed by atoms with Crippen LogP contribution in [-0.2, 0) is 0 Å². The van der Waals surface area contributed by atoms with Gasteiger partial charge in [-0.3, -0.25) is 5.41 Å². The van der Waals surface area contributed by atoms with Gasteiger partial charge >= 0.3 is 0 Å². The summed E-state index contributed by atoms with van der Waals surface area (Å²) in [6.07, 6.45) is 1.67. The Kier molecular flexibility index (Phi) is 5.19. The molecule has 0 saturated heterocycles. The molecule has 1 unspecified atom stereocenters. The molecular weight excluding hydrogens is 272 g/mol. The summed E-state index contributed by atoms with van der Waals surface area (Å²) < 4.78 is 1.11. The highest BCUT2D eigenvalue weighted by Gasteiger charge is 2.11. The first kappa shape index (κ1) is 12.6. The van der Waals surface area contributed by atoms with E-state index in [-0.39, 0.29) is 5.84 Å². The predicted molar refractivity (Wildman–Crippen MR) is 70.6 cm³/mol. The molecule has 1 rings (SSSR count). The lowest BCUT2D eigenvalue weighted by Crippen LogP contribution is -2.16. The molecule has 2 nitrogen and oxygen atoms in total. The second-order valence-electron chi connectivity index (χ2n) is 3.31. The van der Waals surface area contributed by atoms with Gasteiger partial charge in [-0.15, -0.1) is 11.8 Å². The number of nitrogens with one attached hydrogen (secondary N) is 1. The van der Waals surface area contributed by atoms with Gasteiger partial charge in [-0.1, -0.05) is 19.1 Å². The van der Waals surface area contributed by atoms with Crippen molar-refractivity contribution in [2.75, 3.05) is 0 Å². The zero-order chi connectivity index (χ0) is 11.3. The highest BCUT2D eigenvalue weighted by Crippen LogP contribution is 2.32. The van der Waals surface area contributed by atoms with Crippen molar-refractivity contribution in [2.24, 2.45) is 5.73 Å². The summed E-state index contributed by atoms with van der Waals surface area (Å²) in [5.41, 5.74) is 5.42. The van der Waals surface area contributed by atoms with Gasteiger partial charge in [-0.2, -0.15) is 0 Å². The Labute approximate surface area is 103 Å². The van der Waals surface area contributed by atoms with Gasteiger partial charge in [0, 0.05) is 21.0 Å². The smallest absolute Gasteiger partial charge is 0.0916 e. The molecule has 0 spiro atoms. The third kappa shape index (κ3) is 4.26. The van der Waals surface area contributed by atoms with Gasteiger partial charge in [0.25, 0.3) is 0 Å². The van der Waals surface area contributed by atoms with Crippen LogP contribution in [0.5, 0.6) is 0 Å². The molecule has 1 aromatic carbocycles. The normalized spacial score (nSPS) is 12.4. The number of rotatable bonds is 5. The third-order valence-electron chi connectivity index (χ3n) is 2.03. The highest BCUT2D eigenvalue weighted by molar-refractivity contribution is 9.10. The Bertz CT molecular complexity index is 341. The second kappa shape index (κ2) is 6.18. The van der Waals surface area contributed by atoms with Crippen molar-refractivity contribution >= 4 is 33.5 Å². The number of thioether (sulfide) groups is 1. The molecule has 0 heterocycles. The van der Waals surface area contributed by atoms with Crippen LogP contribution in [0.4, 0.5) is 0 Å². The van der Waals surface area contributed by atoms with E-state index in [9.17, 15) is 0 Å². The van der Waals surface area contributed by atoms with Crippen LogP contribution < -0.4 is 5.73 Å². The van der Waals surface area contributed by atoms with Crippen LogP contribution in [0.3, 0.4) is 0 Å². The summed E-state index contributed by atoms with van der Waals surface area (Å²) in [4.78, 5) is 1.21. The van der Waals surface area contributed by atoms with Crippen molar-refractivity contribution in [3.8, 4) is 0 Å². The van der Waals surface area contributed by atoms with Crippen LogP contribution in [-0.4, -0.2) is 11.1 Å². The fraction of sp³-hybridized carbons (Fsp3) is 0.364. The van der Waals surface area contributed by atoms with Gasteiger partial charge in [-0.25, -0.2) is 0 Å². The van der Waals surface area contributed by atoms with Gasteiger partial charge in [0.2, 0.25) is 0 Å². The van der Waals surface area contributed by atoms with Crippen LogP contribution in [0.25, 0.3) is 0 Å². The summed E-state index contributed by atoms with van der Waals surface area (Å²) in [6.45, 7) is 2.12. The number of nitrogens with two attached hydrogens (primary N) is 1. The van der Waals surface area contributed by atoms with E-state index < -0.39 is 0 Å². The topological polar surface area (TPSA) is 49.9 Å². The lowest BCUT2D eigenvalue weighted by molar-refractivity contribution is 0.848. The summed E-state index contributed by atoms with van der Waals surface area (Å²) >= 11 is 5.29. The molecule has 15 heavy (non-hydrogen) atoms. The molecule has 0 fully saturated rings. The molecule has 0 aliphatic carbocycles. The standard InChI is InChI=1S/C11H15BrN2S/c1-2-8(7-11(13)14)15-10-6-4-3-5-9(10)12/h3-6,8H,2,7H2,1H3,(H3,13,14). The van der Waals surface area contributed by atoms with Crippen LogP contribution in [0, 0.1) is 5.41 Å². The van der Waals surface area contributed by atoms with Crippen LogP contribution in [0.2, 0.25) is 0 Å². The van der Waals surface area contributed by atoms with Crippen molar-refractivity contribution in [1.29, 1.82) is 5.41 Å². The van der Waals surface area contributed by atoms with E-state index in [1.54, 1.807) is 11.8 Å². The highest BCUT2D eigenvalue weighted by atomic mass is 79.9. The quantitative estimate of drug-likeness (QED) is 0.493. The number of hydrogen-bond donors (Lipinski definition) is 2. The minimum Gasteiger partial charge on any atom is -0.388 e. The Morgan fingerprint density at radius 2 is 2.20 bits per heavy atom. The zero-order valence-electron chi connectivity index (χ0n) is 8.66. The Hall–Kier alpha value is -0.480. The molecule has 0 radical (unpaired) electrons. The van der Waals surface area contributed by atoms with E-state index in [1.807, 2.05) is 18.2 Å². The lowest BCUT2D eigenvalue weighted by atomic mass is 10.2. The average molecular weight is 287 g/mol. The number of hydrogen-bond acceptors (Lipinski definition) is 2. The summed E-state index contributed by atoms with van der Waals surface area (Å²) in [5, 5.41) is 7.69. The first-order valence-electron chi connectivity index (χ1n) is 4.87. The largest absolute Gasteiger partial charge is 0.388 e. The minimum absolute atomic E-state index is 0.265. The van der Waals surface area contributed by atoms with Gasteiger partial charge in [-0.05, 0) is 34.5 Å². The fourth-order valence-corrected chi connectivity index (χ4v) is 2.93. The molecule has 1 atom stereocenters. The van der Waals surface area contributed by atoms with E-state index in [4.69, 9.17) is 11.1 Å². The first-order valence-corrected chi connectivity index (χ1v) is 6.54. The van der Waals surface area contributed by atoms with E-state index in [2.05, 4.69) is 28.9 Å². The van der Waals surface area contributed by atoms with Gasteiger partial charge in [0.05, 0.1) is 5.84 Å². The molecule has 0 aliphatic rings. The third-order valence-corrected chi connectivity index (χ3v) is 4.43. The molecular formula is C11H15BrN2S. The lowest BCUT2D eigenvalue weighted by Gasteiger charge is -2.14. The summed E-state index contributed by atoms with van der Waals surface area (Å²) in [6, 6.07) is 8.13. The summed E-state index contributed by atoms with van der Waals surface area (Å²) in [7, 11) is 0. The second-order valence-corrected chi connectivity index (χ2v) is 5.50. The SMILES string of the molecule is CCC(CC(=N)N)Sc1ccccc1Br. The van der Waals surface area contributed by atoms with Gasteiger partial charge in [0.1, 0.15) is 0 Å². The van der Waals surface area contributed by atoms with E-state index in [1.165, 1.54) is 4.90 Å². The van der Waals surface area contributed by atoms with Crippen molar-refractivity contribution in [1.82, 2.24) is 0 Å². The monoisotopic (exact) mass is 286 g/mol. The van der Waals surface area contributed by atoms with Crippen molar-refractivity contribution in [2.45, 2.75) is 29.9 Å². The number of benzene rings is 1. The Morgan fingerprint density at radius 3 is 2.73 bits per heavy atom. The van der Waals surface area contributed by atoms with E-state index in [0.717, 1.165) is 10.9 Å². The predicted octanol–water partition coefficient (Wildman–Crippen LogP) is 3.65. The van der Waals surface area contributed by atoms with E-state index >= 15 is 0 Å². The first-order chi connectivity index (χ1) is 7.13. The number of amidine groups is 1. The number of halogens is 1. The maximum Gasteiger partial charge on any atom is 0.0916 e. The molecule has 0 aliphatic heterocycles. The molecule has 1 aromatic rings. The minimum atomic E-state index is 0.265.